The summed E-state index contributed by atoms with van der Waals surface area (Å²) in [5, 5.41) is 39.1. The summed E-state index contributed by atoms with van der Waals surface area (Å²) in [6, 6.07) is 14.8. The zero-order chi connectivity index (χ0) is 43.1. The predicted molar refractivity (Wildman–Crippen MR) is 224 cm³/mol. The third-order valence-corrected chi connectivity index (χ3v) is 12.2. The maximum atomic E-state index is 12.1. The molecule has 0 spiro atoms. The lowest BCUT2D eigenvalue weighted by molar-refractivity contribution is -0.144. The topological polar surface area (TPSA) is 212 Å². The molecule has 17 nitrogen and oxygen atoms in total. The van der Waals surface area contributed by atoms with Crippen molar-refractivity contribution in [2.75, 3.05) is 48.7 Å². The molecule has 1 amide bonds. The molecule has 2 aromatic carbocycles. The van der Waals surface area contributed by atoms with Crippen LogP contribution in [0.25, 0.3) is 33.6 Å². The fourth-order valence-corrected chi connectivity index (χ4v) is 8.60. The Morgan fingerprint density at radius 2 is 1.30 bits per heavy atom. The van der Waals surface area contributed by atoms with Crippen LogP contribution in [0, 0.1) is 5.92 Å². The van der Waals surface area contributed by atoms with E-state index < -0.39 is 49.3 Å². The molecule has 2 aliphatic heterocycles. The SMILES string of the molecule is COC[C@H]1C[C@@H](c2ncc(-c3ccc(-c4ccc(-c5cnc([C@@H]6CC[C@H](C)N6C(O)[C@@H](NC(=O)OC)[C@@H](C)OC)[nH]5)cc4)cc3)[nH]2)N(C(O)[C@@H](NC(O)OC)[C@@H](C)OC)C1. The number of methoxy groups -OCH3 is 5. The van der Waals surface area contributed by atoms with Crippen molar-refractivity contribution in [3.63, 3.8) is 0 Å². The lowest BCUT2D eigenvalue weighted by Crippen LogP contribution is -2.58. The second kappa shape index (κ2) is 20.5. The molecule has 6 rings (SSSR count). The average Bonchev–Trinajstić information content (AvgIpc) is 4.11. The van der Waals surface area contributed by atoms with Gasteiger partial charge in [-0.1, -0.05) is 48.5 Å². The Bertz CT molecular complexity index is 1940. The van der Waals surface area contributed by atoms with Crippen molar-refractivity contribution < 1.29 is 43.8 Å². The number of aromatic amines is 2. The molecule has 0 bridgehead atoms. The molecule has 11 atom stereocenters. The number of amides is 1. The molecular formula is C43H62N8O9. The normalized spacial score (nSPS) is 23.5. The highest BCUT2D eigenvalue weighted by Crippen LogP contribution is 2.39. The summed E-state index contributed by atoms with van der Waals surface area (Å²) in [7, 11) is 7.45. The van der Waals surface area contributed by atoms with Crippen molar-refractivity contribution in [1.82, 2.24) is 40.4 Å². The van der Waals surface area contributed by atoms with Crippen LogP contribution in [0.1, 0.15) is 63.8 Å². The van der Waals surface area contributed by atoms with E-state index in [0.717, 1.165) is 64.6 Å². The maximum Gasteiger partial charge on any atom is 0.407 e. The van der Waals surface area contributed by atoms with Crippen molar-refractivity contribution in [3.8, 4) is 33.6 Å². The second-order valence-electron chi connectivity index (χ2n) is 15.8. The lowest BCUT2D eigenvalue weighted by atomic mass is 10.0. The number of rotatable bonds is 19. The van der Waals surface area contributed by atoms with E-state index in [2.05, 4.69) is 76.1 Å². The van der Waals surface area contributed by atoms with Crippen LogP contribution in [0.15, 0.2) is 60.9 Å². The number of carbonyl (C=O) groups excluding carboxylic acids is 1. The van der Waals surface area contributed by atoms with Gasteiger partial charge >= 0.3 is 6.09 Å². The molecule has 328 valence electrons. The number of nitrogens with one attached hydrogen (secondary N) is 4. The fraction of sp³-hybridized carbons (Fsp3) is 0.558. The monoisotopic (exact) mass is 834 g/mol. The summed E-state index contributed by atoms with van der Waals surface area (Å²) < 4.78 is 26.4. The average molecular weight is 835 g/mol. The summed E-state index contributed by atoms with van der Waals surface area (Å²) in [5.41, 5.74) is 5.77. The van der Waals surface area contributed by atoms with Gasteiger partial charge < -0.3 is 54.3 Å². The minimum atomic E-state index is -1.27. The van der Waals surface area contributed by atoms with Gasteiger partial charge in [-0.25, -0.2) is 14.8 Å². The van der Waals surface area contributed by atoms with E-state index in [1.807, 2.05) is 29.1 Å². The number of aromatic nitrogens is 4. The highest BCUT2D eigenvalue weighted by Gasteiger charge is 2.44. The highest BCUT2D eigenvalue weighted by atomic mass is 16.6. The van der Waals surface area contributed by atoms with Gasteiger partial charge in [0.05, 0.1) is 73.9 Å². The molecule has 2 aliphatic rings. The Morgan fingerprint density at radius 1 is 0.767 bits per heavy atom. The number of hydrogen-bond acceptors (Lipinski definition) is 14. The van der Waals surface area contributed by atoms with Gasteiger partial charge in [0, 0.05) is 41.0 Å². The molecule has 0 radical (unpaired) electrons. The Labute approximate surface area is 351 Å². The Balaban J connectivity index is 1.14. The molecule has 0 saturated carbocycles. The Kier molecular flexibility index (Phi) is 15.5. The quantitative estimate of drug-likeness (QED) is 0.0667. The predicted octanol–water partition coefficient (Wildman–Crippen LogP) is 3.98. The van der Waals surface area contributed by atoms with Crippen molar-refractivity contribution in [2.24, 2.45) is 5.92 Å². The van der Waals surface area contributed by atoms with Gasteiger partial charge in [-0.05, 0) is 68.2 Å². The van der Waals surface area contributed by atoms with Gasteiger partial charge in [0.15, 0.2) is 0 Å². The van der Waals surface area contributed by atoms with E-state index in [-0.39, 0.29) is 24.0 Å². The summed E-state index contributed by atoms with van der Waals surface area (Å²) >= 11 is 0. The molecule has 2 fully saturated rings. The molecule has 2 aromatic heterocycles. The molecule has 17 heteroatoms. The van der Waals surface area contributed by atoms with Crippen LogP contribution in [-0.2, 0) is 23.7 Å². The first-order chi connectivity index (χ1) is 28.9. The zero-order valence-corrected chi connectivity index (χ0v) is 35.7. The number of aliphatic hydroxyl groups excluding tert-OH is 3. The smallest absolute Gasteiger partial charge is 0.407 e. The van der Waals surface area contributed by atoms with Crippen LogP contribution in [0.5, 0.6) is 0 Å². The molecule has 2 saturated heterocycles. The molecule has 0 aliphatic carbocycles. The van der Waals surface area contributed by atoms with E-state index in [1.54, 1.807) is 28.3 Å². The van der Waals surface area contributed by atoms with E-state index >= 15 is 0 Å². The molecule has 4 heterocycles. The van der Waals surface area contributed by atoms with E-state index in [0.29, 0.717) is 13.2 Å². The lowest BCUT2D eigenvalue weighted by Gasteiger charge is -2.38. The van der Waals surface area contributed by atoms with Gasteiger partial charge in [0.25, 0.3) is 0 Å². The Hall–Kier alpha value is -4.27. The number of hydrogen-bond donors (Lipinski definition) is 7. The number of nitrogens with zero attached hydrogens (tertiary/aromatic N) is 4. The van der Waals surface area contributed by atoms with Gasteiger partial charge in [-0.15, -0.1) is 0 Å². The van der Waals surface area contributed by atoms with Crippen LogP contribution in [0.4, 0.5) is 4.79 Å². The number of carbonyl (C=O) groups is 1. The van der Waals surface area contributed by atoms with Crippen LogP contribution in [-0.4, -0.2) is 149 Å². The highest BCUT2D eigenvalue weighted by molar-refractivity contribution is 5.71. The number of ether oxygens (including phenoxy) is 5. The molecule has 7 N–H and O–H groups in total. The zero-order valence-electron chi connectivity index (χ0n) is 35.7. The first-order valence-corrected chi connectivity index (χ1v) is 20.5. The minimum Gasteiger partial charge on any atom is -0.453 e. The van der Waals surface area contributed by atoms with E-state index in [9.17, 15) is 20.1 Å². The van der Waals surface area contributed by atoms with Gasteiger partial charge in [-0.3, -0.25) is 15.1 Å². The number of alkyl carbamates (subject to hydrolysis) is 1. The van der Waals surface area contributed by atoms with Gasteiger partial charge in [0.2, 0.25) is 6.41 Å². The van der Waals surface area contributed by atoms with Crippen molar-refractivity contribution in [1.29, 1.82) is 0 Å². The fourth-order valence-electron chi connectivity index (χ4n) is 8.60. The van der Waals surface area contributed by atoms with Crippen LogP contribution in [0.2, 0.25) is 0 Å². The maximum absolute atomic E-state index is 12.1. The number of likely N-dealkylation sites (tertiary alicyclic amines) is 2. The third-order valence-electron chi connectivity index (χ3n) is 12.2. The van der Waals surface area contributed by atoms with Crippen molar-refractivity contribution in [3.05, 3.63) is 72.6 Å². The van der Waals surface area contributed by atoms with Crippen LogP contribution in [0.3, 0.4) is 0 Å². The second-order valence-corrected chi connectivity index (χ2v) is 15.8. The Morgan fingerprint density at radius 3 is 1.82 bits per heavy atom. The number of H-pyrrole nitrogens is 2. The first kappa shape index (κ1) is 45.3. The standard InChI is InChI=1S/C43H62N8O9/c1-24-9-18-34(51(24)41(53)37(26(3)58-6)49-43(55)60-8)38-44-20-32(46-38)30-14-10-28(11-15-30)29-12-16-31(17-13-29)33-21-45-39(47-33)35-19-27(23-56-4)22-50(35)40(52)36(25(2)57-5)48-42(54)59-7/h10-17,20-21,24-27,34-37,40-42,48,52-54H,9,18-19,22-23H2,1-8H3,(H,44,46)(H,45,47)(H,49,55)/t24-,25+,26+,27-,34-,35-,36-,37-,40?,41?,42?/m0/s1. The summed E-state index contributed by atoms with van der Waals surface area (Å²) in [4.78, 5) is 32.6. The van der Waals surface area contributed by atoms with E-state index in [4.69, 9.17) is 33.7 Å². The van der Waals surface area contributed by atoms with Gasteiger partial charge in [0.1, 0.15) is 24.1 Å². The van der Waals surface area contributed by atoms with E-state index in [1.165, 1.54) is 14.2 Å². The van der Waals surface area contributed by atoms with Crippen LogP contribution >= 0.6 is 0 Å². The largest absolute Gasteiger partial charge is 0.453 e. The summed E-state index contributed by atoms with van der Waals surface area (Å²) in [6.45, 7) is 6.79. The first-order valence-electron chi connectivity index (χ1n) is 20.5. The van der Waals surface area contributed by atoms with Crippen LogP contribution < -0.4 is 10.6 Å². The number of benzene rings is 2. The third kappa shape index (κ3) is 10.1. The summed E-state index contributed by atoms with van der Waals surface area (Å²) in [6.07, 6.45) is 1.13. The molecule has 60 heavy (non-hydrogen) atoms. The molecular weight excluding hydrogens is 773 g/mol. The summed E-state index contributed by atoms with van der Waals surface area (Å²) in [5.74, 6) is 1.64. The molecule has 3 unspecified atom stereocenters. The van der Waals surface area contributed by atoms with Gasteiger partial charge in [-0.2, -0.15) is 0 Å². The number of aliphatic hydroxyl groups is 3. The molecule has 4 aromatic rings. The van der Waals surface area contributed by atoms with Crippen molar-refractivity contribution >= 4 is 6.09 Å². The number of imidazole rings is 2. The van der Waals surface area contributed by atoms with Crippen molar-refractivity contribution in [2.45, 2.75) is 101 Å². The minimum absolute atomic E-state index is 0.0418.